The van der Waals surface area contributed by atoms with Gasteiger partial charge in [-0.3, -0.25) is 9.69 Å². The first kappa shape index (κ1) is 20.4. The van der Waals surface area contributed by atoms with Gasteiger partial charge in [0.1, 0.15) is 5.82 Å². The number of nitrogens with zero attached hydrogens (tertiary/aromatic N) is 2. The third-order valence-electron chi connectivity index (χ3n) is 5.26. The number of likely N-dealkylation sites (N-methyl/N-ethyl adjacent to an activating group) is 1. The Hall–Kier alpha value is -2.29. The summed E-state index contributed by atoms with van der Waals surface area (Å²) < 4.78 is 36.3. The zero-order valence-corrected chi connectivity index (χ0v) is 16.9. The number of carbonyl (C=O) groups excluding carboxylic acids is 1. The molecule has 3 rings (SSSR count). The number of carbonyl (C=O) groups is 1. The predicted octanol–water partition coefficient (Wildman–Crippen LogP) is 2.44. The monoisotopic (exact) mass is 405 g/mol. The Bertz CT molecular complexity index is 992. The van der Waals surface area contributed by atoms with Crippen molar-refractivity contribution in [3.05, 3.63) is 59.4 Å². The van der Waals surface area contributed by atoms with Gasteiger partial charge in [-0.05, 0) is 68.8 Å². The van der Waals surface area contributed by atoms with Crippen LogP contribution in [0.1, 0.15) is 31.0 Å². The molecule has 6 nitrogen and oxygen atoms in total. The van der Waals surface area contributed by atoms with E-state index in [2.05, 4.69) is 0 Å². The van der Waals surface area contributed by atoms with Gasteiger partial charge >= 0.3 is 0 Å². The zero-order valence-electron chi connectivity index (χ0n) is 16.1. The minimum absolute atomic E-state index is 0.0507. The van der Waals surface area contributed by atoms with E-state index in [1.54, 1.807) is 29.2 Å². The Kier molecular flexibility index (Phi) is 5.56. The number of benzene rings is 2. The fraction of sp³-hybridized carbons (Fsp3) is 0.350. The summed E-state index contributed by atoms with van der Waals surface area (Å²) >= 11 is 0. The van der Waals surface area contributed by atoms with Crippen molar-refractivity contribution in [2.45, 2.75) is 37.2 Å². The molecule has 0 saturated carbocycles. The van der Waals surface area contributed by atoms with Crippen molar-refractivity contribution < 1.29 is 17.6 Å². The van der Waals surface area contributed by atoms with Gasteiger partial charge in [0.2, 0.25) is 15.9 Å². The van der Waals surface area contributed by atoms with Crippen molar-refractivity contribution in [3.63, 3.8) is 0 Å². The normalized spacial score (nSPS) is 17.6. The number of rotatable bonds is 5. The summed E-state index contributed by atoms with van der Waals surface area (Å²) in [5.74, 6) is -0.373. The van der Waals surface area contributed by atoms with Crippen LogP contribution in [-0.2, 0) is 21.2 Å². The number of primary sulfonamides is 1. The first-order chi connectivity index (χ1) is 13.1. The molecule has 150 valence electrons. The van der Waals surface area contributed by atoms with Crippen molar-refractivity contribution >= 4 is 21.6 Å². The minimum atomic E-state index is -3.78. The van der Waals surface area contributed by atoms with Gasteiger partial charge in [-0.25, -0.2) is 17.9 Å². The van der Waals surface area contributed by atoms with Crippen LogP contribution in [0.4, 0.5) is 10.1 Å². The van der Waals surface area contributed by atoms with E-state index in [1.807, 2.05) is 25.8 Å². The minimum Gasteiger partial charge on any atom is -0.308 e. The molecule has 2 aromatic rings. The molecule has 2 N–H and O–H groups in total. The number of hydrogen-bond acceptors (Lipinski definition) is 4. The van der Waals surface area contributed by atoms with Gasteiger partial charge in [0.25, 0.3) is 0 Å². The Labute approximate surface area is 164 Å². The second kappa shape index (κ2) is 7.62. The average molecular weight is 405 g/mol. The first-order valence-corrected chi connectivity index (χ1v) is 10.6. The van der Waals surface area contributed by atoms with Gasteiger partial charge in [-0.2, -0.15) is 0 Å². The van der Waals surface area contributed by atoms with Crippen molar-refractivity contribution in [2.24, 2.45) is 5.14 Å². The van der Waals surface area contributed by atoms with E-state index in [4.69, 9.17) is 5.14 Å². The Balaban J connectivity index is 1.77. The lowest BCUT2D eigenvalue weighted by atomic mass is 10.1. The number of halogens is 1. The maximum atomic E-state index is 13.1. The molecular weight excluding hydrogens is 381 g/mol. The second-order valence-electron chi connectivity index (χ2n) is 7.30. The lowest BCUT2D eigenvalue weighted by Crippen LogP contribution is -2.42. The Morgan fingerprint density at radius 1 is 1.29 bits per heavy atom. The molecule has 2 unspecified atom stereocenters. The van der Waals surface area contributed by atoms with Crippen molar-refractivity contribution in [3.8, 4) is 0 Å². The molecule has 0 radical (unpaired) electrons. The highest BCUT2D eigenvalue weighted by Crippen LogP contribution is 2.34. The molecule has 2 aromatic carbocycles. The maximum Gasteiger partial charge on any atom is 0.241 e. The molecule has 1 heterocycles. The van der Waals surface area contributed by atoms with E-state index in [-0.39, 0.29) is 35.2 Å². The van der Waals surface area contributed by atoms with Crippen LogP contribution in [-0.4, -0.2) is 38.9 Å². The fourth-order valence-electron chi connectivity index (χ4n) is 3.59. The molecule has 8 heteroatoms. The van der Waals surface area contributed by atoms with Crippen LogP contribution < -0.4 is 10.0 Å². The van der Waals surface area contributed by atoms with Crippen LogP contribution in [0, 0.1) is 5.82 Å². The highest BCUT2D eigenvalue weighted by molar-refractivity contribution is 7.89. The quantitative estimate of drug-likeness (QED) is 0.828. The smallest absolute Gasteiger partial charge is 0.241 e. The highest BCUT2D eigenvalue weighted by Gasteiger charge is 2.32. The molecule has 28 heavy (non-hydrogen) atoms. The van der Waals surface area contributed by atoms with Gasteiger partial charge in [0.15, 0.2) is 0 Å². The van der Waals surface area contributed by atoms with E-state index in [0.717, 1.165) is 11.1 Å². The standard InChI is InChI=1S/C20H24FN3O3S/c1-13-10-16-11-18(28(22,26)27)8-9-19(16)24(13)20(25)12-23(3)14(2)15-4-6-17(21)7-5-15/h4-9,11,13-14H,10,12H2,1-3H3,(H2,22,26,27). The number of hydrogen-bond donors (Lipinski definition) is 1. The maximum absolute atomic E-state index is 13.1. The molecule has 1 aliphatic rings. The number of anilines is 1. The summed E-state index contributed by atoms with van der Waals surface area (Å²) in [4.78, 5) is 16.6. The second-order valence-corrected chi connectivity index (χ2v) is 8.86. The van der Waals surface area contributed by atoms with E-state index in [9.17, 15) is 17.6 Å². The molecule has 0 saturated heterocycles. The molecule has 0 spiro atoms. The summed E-state index contributed by atoms with van der Waals surface area (Å²) in [6.45, 7) is 4.07. The molecule has 2 atom stereocenters. The third-order valence-corrected chi connectivity index (χ3v) is 6.17. The summed E-state index contributed by atoms with van der Waals surface area (Å²) in [5.41, 5.74) is 2.43. The van der Waals surface area contributed by atoms with Gasteiger partial charge in [0, 0.05) is 17.8 Å². The number of nitrogens with two attached hydrogens (primary N) is 1. The van der Waals surface area contributed by atoms with Gasteiger partial charge in [-0.1, -0.05) is 12.1 Å². The van der Waals surface area contributed by atoms with E-state index >= 15 is 0 Å². The largest absolute Gasteiger partial charge is 0.308 e. The SMILES string of the molecule is CC(c1ccc(F)cc1)N(C)CC(=O)N1c2ccc(S(N)(=O)=O)cc2CC1C. The van der Waals surface area contributed by atoms with Crippen LogP contribution in [0.2, 0.25) is 0 Å². The summed E-state index contributed by atoms with van der Waals surface area (Å²) in [5, 5.41) is 5.21. The van der Waals surface area contributed by atoms with Crippen molar-refractivity contribution in [1.82, 2.24) is 4.90 Å². The lowest BCUT2D eigenvalue weighted by Gasteiger charge is -2.29. The van der Waals surface area contributed by atoms with Crippen LogP contribution >= 0.6 is 0 Å². The summed E-state index contributed by atoms with van der Waals surface area (Å²) in [7, 11) is -1.94. The zero-order chi connectivity index (χ0) is 20.6. The molecule has 0 aromatic heterocycles. The van der Waals surface area contributed by atoms with Crippen molar-refractivity contribution in [2.75, 3.05) is 18.5 Å². The molecular formula is C20H24FN3O3S. The lowest BCUT2D eigenvalue weighted by molar-refractivity contribution is -0.120. The van der Waals surface area contributed by atoms with E-state index in [1.165, 1.54) is 18.2 Å². The molecule has 1 aliphatic heterocycles. The fourth-order valence-corrected chi connectivity index (χ4v) is 4.15. The molecule has 0 fully saturated rings. The van der Waals surface area contributed by atoms with Gasteiger partial charge in [-0.15, -0.1) is 0 Å². The van der Waals surface area contributed by atoms with Crippen LogP contribution in [0.15, 0.2) is 47.4 Å². The molecule has 0 bridgehead atoms. The Morgan fingerprint density at radius 3 is 2.54 bits per heavy atom. The van der Waals surface area contributed by atoms with E-state index in [0.29, 0.717) is 12.1 Å². The van der Waals surface area contributed by atoms with Crippen LogP contribution in [0.5, 0.6) is 0 Å². The Morgan fingerprint density at radius 2 is 1.93 bits per heavy atom. The third kappa shape index (κ3) is 4.09. The van der Waals surface area contributed by atoms with Gasteiger partial charge in [0.05, 0.1) is 11.4 Å². The number of fused-ring (bicyclic) bond motifs is 1. The summed E-state index contributed by atoms with van der Waals surface area (Å²) in [6.07, 6.45) is 0.571. The molecule has 1 amide bonds. The average Bonchev–Trinajstić information content (AvgIpc) is 2.95. The van der Waals surface area contributed by atoms with E-state index < -0.39 is 10.0 Å². The number of sulfonamides is 1. The number of amides is 1. The van der Waals surface area contributed by atoms with Crippen LogP contribution in [0.25, 0.3) is 0 Å². The topological polar surface area (TPSA) is 83.7 Å². The highest BCUT2D eigenvalue weighted by atomic mass is 32.2. The van der Waals surface area contributed by atoms with Crippen molar-refractivity contribution in [1.29, 1.82) is 0 Å². The van der Waals surface area contributed by atoms with Crippen LogP contribution in [0.3, 0.4) is 0 Å². The first-order valence-electron chi connectivity index (χ1n) is 9.01. The molecule has 0 aliphatic carbocycles. The summed E-state index contributed by atoms with van der Waals surface area (Å²) in [6, 6.07) is 10.7. The van der Waals surface area contributed by atoms with Gasteiger partial charge < -0.3 is 4.90 Å². The predicted molar refractivity (Wildman–Crippen MR) is 106 cm³/mol.